The highest BCUT2D eigenvalue weighted by Gasteiger charge is 2.67. The fourth-order valence-corrected chi connectivity index (χ4v) is 10.9. The molecule has 11 rings (SSSR count). The van der Waals surface area contributed by atoms with Crippen LogP contribution in [0.5, 0.6) is 0 Å². The number of aliphatic imine (C=N–C) groups is 1. The Balaban J connectivity index is 1.18. The Hall–Kier alpha value is -6.46. The van der Waals surface area contributed by atoms with Gasteiger partial charge in [-0.05, 0) is 107 Å². The van der Waals surface area contributed by atoms with Crippen molar-refractivity contribution in [1.29, 1.82) is 0 Å². The Morgan fingerprint density at radius 1 is 0.541 bits per heavy atom. The van der Waals surface area contributed by atoms with E-state index in [0.717, 1.165) is 50.6 Å². The number of rotatable bonds is 4. The van der Waals surface area contributed by atoms with Gasteiger partial charge >= 0.3 is 0 Å². The van der Waals surface area contributed by atoms with Crippen molar-refractivity contribution in [3.8, 4) is 16.9 Å². The van der Waals surface area contributed by atoms with Crippen LogP contribution in [0.15, 0.2) is 157 Å². The fraction of sp³-hybridized carbons (Fsp3) is 0.250. The van der Waals surface area contributed by atoms with Gasteiger partial charge in [0.05, 0.1) is 22.4 Å². The van der Waals surface area contributed by atoms with E-state index in [0.29, 0.717) is 5.90 Å². The number of hydrogen-bond acceptors (Lipinski definition) is 4. The molecule has 0 radical (unpaired) electrons. The molecule has 3 aliphatic rings. The van der Waals surface area contributed by atoms with Gasteiger partial charge in [-0.3, -0.25) is 4.57 Å². The molecule has 4 heterocycles. The molecule has 0 saturated heterocycles. The van der Waals surface area contributed by atoms with Gasteiger partial charge in [0.25, 0.3) is 0 Å². The van der Waals surface area contributed by atoms with Gasteiger partial charge in [-0.15, -0.1) is 0 Å². The van der Waals surface area contributed by atoms with Crippen molar-refractivity contribution in [3.63, 3.8) is 0 Å². The van der Waals surface area contributed by atoms with Crippen molar-refractivity contribution in [2.75, 3.05) is 4.90 Å². The maximum atomic E-state index is 7.24. The highest BCUT2D eigenvalue weighted by Crippen LogP contribution is 2.62. The monoisotopic (exact) mass is 796 g/mol. The van der Waals surface area contributed by atoms with Gasteiger partial charge in [-0.2, -0.15) is 0 Å². The Bertz CT molecular complexity index is 3150. The average Bonchev–Trinajstić information content (AvgIpc) is 3.78. The highest BCUT2D eigenvalue weighted by molar-refractivity contribution is 6.11. The molecule has 5 heteroatoms. The van der Waals surface area contributed by atoms with Crippen molar-refractivity contribution in [1.82, 2.24) is 9.55 Å². The van der Waals surface area contributed by atoms with Crippen molar-refractivity contribution < 1.29 is 4.74 Å². The molecule has 0 N–H and O–H groups in total. The Kier molecular flexibility index (Phi) is 7.72. The zero-order valence-corrected chi connectivity index (χ0v) is 36.6. The molecule has 6 aromatic carbocycles. The van der Waals surface area contributed by atoms with E-state index in [9.17, 15) is 0 Å². The molecule has 0 spiro atoms. The summed E-state index contributed by atoms with van der Waals surface area (Å²) in [6.45, 7) is 20.7. The summed E-state index contributed by atoms with van der Waals surface area (Å²) in [4.78, 5) is 13.1. The lowest BCUT2D eigenvalue weighted by atomic mass is 9.69. The second-order valence-corrected chi connectivity index (χ2v) is 19.8. The van der Waals surface area contributed by atoms with E-state index in [2.05, 4.69) is 217 Å². The third-order valence-corrected chi connectivity index (χ3v) is 14.8. The molecule has 0 fully saturated rings. The van der Waals surface area contributed by atoms with Crippen molar-refractivity contribution in [3.05, 3.63) is 185 Å². The van der Waals surface area contributed by atoms with Crippen molar-refractivity contribution in [2.45, 2.75) is 89.7 Å². The van der Waals surface area contributed by atoms with Gasteiger partial charge < -0.3 is 9.64 Å². The predicted octanol–water partition coefficient (Wildman–Crippen LogP) is 14.0. The van der Waals surface area contributed by atoms with E-state index >= 15 is 0 Å². The number of para-hydroxylation sites is 2. The number of pyridine rings is 1. The topological polar surface area (TPSA) is 42.7 Å². The minimum Gasteiger partial charge on any atom is -0.464 e. The van der Waals surface area contributed by atoms with Crippen LogP contribution in [-0.4, -0.2) is 21.0 Å². The lowest BCUT2D eigenvalue weighted by Gasteiger charge is -2.42. The van der Waals surface area contributed by atoms with Gasteiger partial charge in [-0.25, -0.2) is 9.98 Å². The lowest BCUT2D eigenvalue weighted by Crippen LogP contribution is -2.49. The Labute approximate surface area is 359 Å². The van der Waals surface area contributed by atoms with Crippen LogP contribution in [0.4, 0.5) is 17.1 Å². The maximum Gasteiger partial charge on any atom is 0.217 e. The lowest BCUT2D eigenvalue weighted by molar-refractivity contribution is 0.0192. The van der Waals surface area contributed by atoms with E-state index in [1.807, 2.05) is 6.20 Å². The number of hydrogen-bond donors (Lipinski definition) is 0. The van der Waals surface area contributed by atoms with Gasteiger partial charge in [0.1, 0.15) is 11.4 Å². The molecule has 0 saturated carbocycles. The van der Waals surface area contributed by atoms with Gasteiger partial charge in [-0.1, -0.05) is 139 Å². The van der Waals surface area contributed by atoms with Crippen molar-refractivity contribution in [2.24, 2.45) is 4.99 Å². The predicted molar refractivity (Wildman–Crippen MR) is 252 cm³/mol. The molecular weight excluding hydrogens is 745 g/mol. The third-order valence-electron chi connectivity index (χ3n) is 14.8. The Morgan fingerprint density at radius 3 is 1.98 bits per heavy atom. The minimum atomic E-state index is -0.628. The molecule has 2 aliphatic heterocycles. The van der Waals surface area contributed by atoms with Gasteiger partial charge in [0.2, 0.25) is 5.90 Å². The summed E-state index contributed by atoms with van der Waals surface area (Å²) in [6.07, 6.45) is 1.96. The van der Waals surface area contributed by atoms with Crippen LogP contribution in [-0.2, 0) is 26.6 Å². The number of aromatic nitrogens is 2. The second kappa shape index (κ2) is 12.5. The number of fused-ring (bicyclic) bond motifs is 8. The standard InChI is InChI=1S/C56H52N4O/c1-52(2,3)38-27-28-57-50(32-38)60-46-25-17-13-21-40(46)41-33-45-49(34-48(41)60)59(47-26-18-16-24-44(47)53(45,4)5)39-30-36(35-19-11-10-12-20-35)29-37(31-39)51-58-56(9)54(6,7)42-22-14-15-23-43(42)55(56,8)61-51/h10-34H,1-9H3/t55-,56+/m0/s1. The highest BCUT2D eigenvalue weighted by atomic mass is 16.5. The van der Waals surface area contributed by atoms with E-state index in [4.69, 9.17) is 14.7 Å². The first-order chi connectivity index (χ1) is 29.1. The molecular formula is C56H52N4O. The zero-order valence-electron chi connectivity index (χ0n) is 36.6. The van der Waals surface area contributed by atoms with Crippen LogP contribution in [0.3, 0.4) is 0 Å². The zero-order chi connectivity index (χ0) is 42.3. The van der Waals surface area contributed by atoms with Gasteiger partial charge in [0.15, 0.2) is 5.60 Å². The quantitative estimate of drug-likeness (QED) is 0.178. The van der Waals surface area contributed by atoms with Crippen LogP contribution in [0, 0.1) is 0 Å². The summed E-state index contributed by atoms with van der Waals surface area (Å²) in [5.74, 6) is 1.60. The summed E-state index contributed by atoms with van der Waals surface area (Å²) in [5, 5.41) is 2.43. The van der Waals surface area contributed by atoms with Crippen LogP contribution >= 0.6 is 0 Å². The van der Waals surface area contributed by atoms with E-state index < -0.39 is 11.1 Å². The van der Waals surface area contributed by atoms with Crippen LogP contribution in [0.1, 0.15) is 95.7 Å². The molecule has 0 unspecified atom stereocenters. The number of anilines is 3. The molecule has 0 bridgehead atoms. The summed E-state index contributed by atoms with van der Waals surface area (Å²) >= 11 is 0. The third kappa shape index (κ3) is 5.13. The first kappa shape index (κ1) is 37.5. The van der Waals surface area contributed by atoms with E-state index in [1.165, 1.54) is 38.6 Å². The number of benzene rings is 6. The molecule has 5 nitrogen and oxygen atoms in total. The summed E-state index contributed by atoms with van der Waals surface area (Å²) in [5.41, 5.74) is 13.4. The maximum absolute atomic E-state index is 7.24. The normalized spacial score (nSPS) is 20.8. The smallest absolute Gasteiger partial charge is 0.217 e. The molecule has 302 valence electrons. The summed E-state index contributed by atoms with van der Waals surface area (Å²) in [6, 6.07) is 53.3. The van der Waals surface area contributed by atoms with E-state index in [-0.39, 0.29) is 16.2 Å². The fourth-order valence-electron chi connectivity index (χ4n) is 10.9. The van der Waals surface area contributed by atoms with E-state index in [1.54, 1.807) is 0 Å². The second-order valence-electron chi connectivity index (χ2n) is 19.8. The number of ether oxygens (including phenoxy) is 1. The first-order valence-electron chi connectivity index (χ1n) is 21.7. The molecule has 2 aromatic heterocycles. The van der Waals surface area contributed by atoms with Gasteiger partial charge in [0, 0.05) is 44.6 Å². The molecule has 2 atom stereocenters. The molecule has 61 heavy (non-hydrogen) atoms. The molecule has 8 aromatic rings. The molecule has 1 aliphatic carbocycles. The summed E-state index contributed by atoms with van der Waals surface area (Å²) < 4.78 is 9.60. The number of nitrogens with zero attached hydrogens (tertiary/aromatic N) is 4. The molecule has 0 amide bonds. The first-order valence-corrected chi connectivity index (χ1v) is 21.7. The van der Waals surface area contributed by atoms with Crippen LogP contribution in [0.25, 0.3) is 38.8 Å². The minimum absolute atomic E-state index is 0.0262. The van der Waals surface area contributed by atoms with Crippen LogP contribution in [0.2, 0.25) is 0 Å². The largest absolute Gasteiger partial charge is 0.464 e. The van der Waals surface area contributed by atoms with Crippen LogP contribution < -0.4 is 4.90 Å². The average molecular weight is 797 g/mol. The summed E-state index contributed by atoms with van der Waals surface area (Å²) in [7, 11) is 0. The van der Waals surface area contributed by atoms with Crippen molar-refractivity contribution >= 4 is 44.8 Å². The SMILES string of the molecule is CC(C)(C)c1ccnc(-n2c3ccccc3c3cc4c(cc32)N(c2cc(C3=N[C@]5(C)C(C)(C)c6ccccc6[C@]5(C)O3)cc(-c3ccccc3)c2)c2ccccc2C4(C)C)c1. The Morgan fingerprint density at radius 2 is 1.21 bits per heavy atom.